The summed E-state index contributed by atoms with van der Waals surface area (Å²) in [7, 11) is 0. The van der Waals surface area contributed by atoms with Gasteiger partial charge in [-0.05, 0) is 17.7 Å². The van der Waals surface area contributed by atoms with Crippen LogP contribution in [0.25, 0.3) is 5.69 Å². The van der Waals surface area contributed by atoms with Gasteiger partial charge >= 0.3 is 6.18 Å². The molecule has 0 aliphatic heterocycles. The highest BCUT2D eigenvalue weighted by Gasteiger charge is 2.33. The first-order chi connectivity index (χ1) is 8.43. The number of hydrogen-bond donors (Lipinski definition) is 1. The van der Waals surface area contributed by atoms with Crippen molar-refractivity contribution in [3.05, 3.63) is 47.5 Å². The maximum Gasteiger partial charge on any atom is 0.435 e. The van der Waals surface area contributed by atoms with Crippen LogP contribution in [0.15, 0.2) is 30.5 Å². The Labute approximate surface area is 99.8 Å². The molecular formula is C11H9F4N3. The first kappa shape index (κ1) is 12.6. The number of aromatic nitrogens is 2. The summed E-state index contributed by atoms with van der Waals surface area (Å²) in [6, 6.07) is 4.90. The van der Waals surface area contributed by atoms with Gasteiger partial charge in [0.1, 0.15) is 11.5 Å². The highest BCUT2D eigenvalue weighted by atomic mass is 19.4. The number of para-hydroxylation sites is 1. The molecule has 1 heterocycles. The SMILES string of the molecule is NCc1cccc(F)c1-n1ccc(C(F)(F)F)n1. The molecular weight excluding hydrogens is 250 g/mol. The van der Waals surface area contributed by atoms with Gasteiger partial charge in [-0.1, -0.05) is 12.1 Å². The molecule has 2 rings (SSSR count). The Morgan fingerprint density at radius 3 is 2.50 bits per heavy atom. The summed E-state index contributed by atoms with van der Waals surface area (Å²) in [5.41, 5.74) is 4.67. The molecule has 18 heavy (non-hydrogen) atoms. The number of hydrogen-bond acceptors (Lipinski definition) is 2. The molecule has 1 aromatic heterocycles. The minimum Gasteiger partial charge on any atom is -0.326 e. The molecule has 0 atom stereocenters. The zero-order valence-electron chi connectivity index (χ0n) is 9.08. The lowest BCUT2D eigenvalue weighted by molar-refractivity contribution is -0.141. The highest BCUT2D eigenvalue weighted by Crippen LogP contribution is 2.28. The normalized spacial score (nSPS) is 11.8. The third-order valence-electron chi connectivity index (χ3n) is 2.40. The number of nitrogens with two attached hydrogens (primary N) is 1. The fourth-order valence-corrected chi connectivity index (χ4v) is 1.58. The zero-order chi connectivity index (χ0) is 13.3. The van der Waals surface area contributed by atoms with Crippen LogP contribution in [0.2, 0.25) is 0 Å². The Hall–Kier alpha value is -1.89. The summed E-state index contributed by atoms with van der Waals surface area (Å²) in [5, 5.41) is 3.32. The van der Waals surface area contributed by atoms with Crippen molar-refractivity contribution in [3.8, 4) is 5.69 Å². The summed E-state index contributed by atoms with van der Waals surface area (Å²) >= 11 is 0. The van der Waals surface area contributed by atoms with Gasteiger partial charge < -0.3 is 5.73 Å². The van der Waals surface area contributed by atoms with E-state index in [4.69, 9.17) is 5.73 Å². The van der Waals surface area contributed by atoms with Gasteiger partial charge in [-0.3, -0.25) is 0 Å². The summed E-state index contributed by atoms with van der Waals surface area (Å²) in [4.78, 5) is 0. The van der Waals surface area contributed by atoms with E-state index >= 15 is 0 Å². The third kappa shape index (κ3) is 2.21. The van der Waals surface area contributed by atoms with Gasteiger partial charge in [0.2, 0.25) is 0 Å². The van der Waals surface area contributed by atoms with Gasteiger partial charge in [0, 0.05) is 12.7 Å². The Morgan fingerprint density at radius 2 is 1.94 bits per heavy atom. The predicted molar refractivity (Wildman–Crippen MR) is 56.4 cm³/mol. The van der Waals surface area contributed by atoms with Crippen LogP contribution in [0.5, 0.6) is 0 Å². The molecule has 0 spiro atoms. The van der Waals surface area contributed by atoms with Crippen molar-refractivity contribution in [3.63, 3.8) is 0 Å². The molecule has 0 bridgehead atoms. The number of alkyl halides is 3. The fraction of sp³-hybridized carbons (Fsp3) is 0.182. The second-order valence-corrected chi connectivity index (χ2v) is 3.59. The van der Waals surface area contributed by atoms with Crippen LogP contribution >= 0.6 is 0 Å². The van der Waals surface area contributed by atoms with E-state index in [0.717, 1.165) is 23.0 Å². The number of nitrogens with zero attached hydrogens (tertiary/aromatic N) is 2. The topological polar surface area (TPSA) is 43.8 Å². The van der Waals surface area contributed by atoms with Crippen LogP contribution in [0.3, 0.4) is 0 Å². The average Bonchev–Trinajstić information content (AvgIpc) is 2.77. The van der Waals surface area contributed by atoms with Crippen LogP contribution in [0.1, 0.15) is 11.3 Å². The molecule has 0 fully saturated rings. The lowest BCUT2D eigenvalue weighted by Gasteiger charge is -2.09. The maximum absolute atomic E-state index is 13.6. The van der Waals surface area contributed by atoms with E-state index in [2.05, 4.69) is 5.10 Å². The highest BCUT2D eigenvalue weighted by molar-refractivity contribution is 5.41. The van der Waals surface area contributed by atoms with E-state index < -0.39 is 17.7 Å². The zero-order valence-corrected chi connectivity index (χ0v) is 9.08. The van der Waals surface area contributed by atoms with Crippen molar-refractivity contribution in [2.45, 2.75) is 12.7 Å². The largest absolute Gasteiger partial charge is 0.435 e. The van der Waals surface area contributed by atoms with E-state index in [1.54, 1.807) is 0 Å². The summed E-state index contributed by atoms with van der Waals surface area (Å²) in [5.74, 6) is -0.672. The molecule has 0 aliphatic rings. The van der Waals surface area contributed by atoms with Crippen molar-refractivity contribution in [2.75, 3.05) is 0 Å². The van der Waals surface area contributed by atoms with Gasteiger partial charge in [-0.2, -0.15) is 18.3 Å². The summed E-state index contributed by atoms with van der Waals surface area (Å²) in [6.45, 7) is 0.00824. The van der Waals surface area contributed by atoms with Crippen LogP contribution in [0, 0.1) is 5.82 Å². The molecule has 0 saturated heterocycles. The van der Waals surface area contributed by atoms with Crippen molar-refractivity contribution >= 4 is 0 Å². The van der Waals surface area contributed by atoms with Gasteiger partial charge in [-0.15, -0.1) is 0 Å². The molecule has 2 aromatic rings. The average molecular weight is 259 g/mol. The predicted octanol–water partition coefficient (Wildman–Crippen LogP) is 2.49. The van der Waals surface area contributed by atoms with Gasteiger partial charge in [0.15, 0.2) is 5.69 Å². The van der Waals surface area contributed by atoms with Gasteiger partial charge in [0.05, 0.1) is 0 Å². The molecule has 96 valence electrons. The Balaban J connectivity index is 2.53. The molecule has 0 saturated carbocycles. The fourth-order valence-electron chi connectivity index (χ4n) is 1.58. The minimum absolute atomic E-state index is 0.00824. The van der Waals surface area contributed by atoms with Crippen molar-refractivity contribution in [2.24, 2.45) is 5.73 Å². The van der Waals surface area contributed by atoms with Crippen molar-refractivity contribution in [1.82, 2.24) is 9.78 Å². The molecule has 1 aromatic carbocycles. The van der Waals surface area contributed by atoms with Crippen LogP contribution in [0.4, 0.5) is 17.6 Å². The van der Waals surface area contributed by atoms with Crippen molar-refractivity contribution in [1.29, 1.82) is 0 Å². The third-order valence-corrected chi connectivity index (χ3v) is 2.40. The first-order valence-corrected chi connectivity index (χ1v) is 5.04. The summed E-state index contributed by atoms with van der Waals surface area (Å²) < 4.78 is 51.7. The second kappa shape index (κ2) is 4.41. The quantitative estimate of drug-likeness (QED) is 0.842. The molecule has 7 heteroatoms. The van der Waals surface area contributed by atoms with Crippen molar-refractivity contribution < 1.29 is 17.6 Å². The summed E-state index contributed by atoms with van der Waals surface area (Å²) in [6.07, 6.45) is -3.50. The van der Waals surface area contributed by atoms with E-state index in [-0.39, 0.29) is 12.2 Å². The first-order valence-electron chi connectivity index (χ1n) is 5.04. The second-order valence-electron chi connectivity index (χ2n) is 3.59. The van der Waals surface area contributed by atoms with Crippen LogP contribution < -0.4 is 5.73 Å². The molecule has 3 nitrogen and oxygen atoms in total. The lowest BCUT2D eigenvalue weighted by Crippen LogP contribution is -2.10. The van der Waals surface area contributed by atoms with Crippen LogP contribution in [-0.2, 0) is 12.7 Å². The lowest BCUT2D eigenvalue weighted by atomic mass is 10.1. The number of rotatable bonds is 2. The minimum atomic E-state index is -4.56. The molecule has 0 aliphatic carbocycles. The van der Waals surface area contributed by atoms with Gasteiger partial charge in [-0.25, -0.2) is 9.07 Å². The van der Waals surface area contributed by atoms with E-state index in [1.807, 2.05) is 0 Å². The van der Waals surface area contributed by atoms with Gasteiger partial charge in [0.25, 0.3) is 0 Å². The van der Waals surface area contributed by atoms with E-state index in [1.165, 1.54) is 12.1 Å². The standard InChI is InChI=1S/C11H9F4N3/c12-8-3-1-2-7(6-16)10(8)18-5-4-9(17-18)11(13,14)15/h1-5H,6,16H2. The maximum atomic E-state index is 13.6. The number of halogens is 4. The molecule has 2 N–H and O–H groups in total. The molecule has 0 amide bonds. The van der Waals surface area contributed by atoms with E-state index in [0.29, 0.717) is 5.56 Å². The Bertz CT molecular complexity index is 560. The van der Waals surface area contributed by atoms with Crippen LogP contribution in [-0.4, -0.2) is 9.78 Å². The Kier molecular flexibility index (Phi) is 3.08. The smallest absolute Gasteiger partial charge is 0.326 e. The monoisotopic (exact) mass is 259 g/mol. The molecule has 0 radical (unpaired) electrons. The van der Waals surface area contributed by atoms with E-state index in [9.17, 15) is 17.6 Å². The molecule has 0 unspecified atom stereocenters. The number of benzene rings is 1. The Morgan fingerprint density at radius 1 is 1.22 bits per heavy atom.